The summed E-state index contributed by atoms with van der Waals surface area (Å²) in [6, 6.07) is 9.54. The van der Waals surface area contributed by atoms with Gasteiger partial charge in [0.25, 0.3) is 5.91 Å². The largest absolute Gasteiger partial charge is 0.456 e. The lowest BCUT2D eigenvalue weighted by atomic mass is 10.0. The molecule has 1 aliphatic heterocycles. The number of benzene rings is 1. The molecule has 0 saturated carbocycles. The van der Waals surface area contributed by atoms with Crippen LogP contribution in [0.3, 0.4) is 0 Å². The van der Waals surface area contributed by atoms with Gasteiger partial charge in [-0.05, 0) is 37.0 Å². The number of para-hydroxylation sites is 1. The third-order valence-corrected chi connectivity index (χ3v) is 5.76. The number of furan rings is 1. The lowest BCUT2D eigenvalue weighted by Crippen LogP contribution is -2.49. The van der Waals surface area contributed by atoms with E-state index >= 15 is 0 Å². The molecule has 0 radical (unpaired) electrons. The number of aromatic nitrogens is 2. The van der Waals surface area contributed by atoms with Crippen molar-refractivity contribution >= 4 is 22.7 Å². The zero-order chi connectivity index (χ0) is 21.1. The Labute approximate surface area is 175 Å². The number of fused-ring (bicyclic) bond motifs is 1. The number of piperidine rings is 1. The van der Waals surface area contributed by atoms with E-state index in [1.54, 1.807) is 4.90 Å². The first kappa shape index (κ1) is 20.2. The average Bonchev–Trinajstić information content (AvgIpc) is 3.37. The predicted octanol–water partition coefficient (Wildman–Crippen LogP) is 3.24. The number of nitrogens with zero attached hydrogens (tertiary/aromatic N) is 2. The van der Waals surface area contributed by atoms with Crippen molar-refractivity contribution in [1.29, 1.82) is 0 Å². The molecule has 158 valence electrons. The fourth-order valence-electron chi connectivity index (χ4n) is 4.19. The fraction of sp³-hybridized carbons (Fsp3) is 0.435. The SMILES string of the molecule is CCc1cc(C(=O)N2CCC[C@H](NC(=O)Cc3[nH]nc4ccccc34)C2)oc1CC. The highest BCUT2D eigenvalue weighted by molar-refractivity contribution is 5.92. The van der Waals surface area contributed by atoms with Gasteiger partial charge in [-0.25, -0.2) is 0 Å². The molecule has 0 spiro atoms. The highest BCUT2D eigenvalue weighted by Gasteiger charge is 2.28. The number of carbonyl (C=O) groups excluding carboxylic acids is 2. The van der Waals surface area contributed by atoms with Crippen molar-refractivity contribution in [3.63, 3.8) is 0 Å². The van der Waals surface area contributed by atoms with Crippen molar-refractivity contribution in [2.24, 2.45) is 0 Å². The maximum Gasteiger partial charge on any atom is 0.289 e. The van der Waals surface area contributed by atoms with Gasteiger partial charge in [-0.1, -0.05) is 32.0 Å². The number of rotatable bonds is 6. The van der Waals surface area contributed by atoms with Crippen molar-refractivity contribution < 1.29 is 14.0 Å². The van der Waals surface area contributed by atoms with Gasteiger partial charge >= 0.3 is 0 Å². The van der Waals surface area contributed by atoms with Gasteiger partial charge in [-0.15, -0.1) is 0 Å². The lowest BCUT2D eigenvalue weighted by Gasteiger charge is -2.32. The number of aromatic amines is 1. The van der Waals surface area contributed by atoms with E-state index in [1.807, 2.05) is 37.3 Å². The maximum absolute atomic E-state index is 12.9. The number of amides is 2. The second kappa shape index (κ2) is 8.73. The van der Waals surface area contributed by atoms with Crippen molar-refractivity contribution in [3.8, 4) is 0 Å². The summed E-state index contributed by atoms with van der Waals surface area (Å²) in [6.07, 6.45) is 3.57. The van der Waals surface area contributed by atoms with Crippen LogP contribution in [0.15, 0.2) is 34.7 Å². The second-order valence-corrected chi connectivity index (χ2v) is 7.82. The van der Waals surface area contributed by atoms with Crippen molar-refractivity contribution in [1.82, 2.24) is 20.4 Å². The van der Waals surface area contributed by atoms with E-state index < -0.39 is 0 Å². The number of hydrogen-bond acceptors (Lipinski definition) is 4. The van der Waals surface area contributed by atoms with Crippen LogP contribution in [0.2, 0.25) is 0 Å². The predicted molar refractivity (Wildman–Crippen MR) is 114 cm³/mol. The Morgan fingerprint density at radius 2 is 2.10 bits per heavy atom. The minimum atomic E-state index is -0.0945. The molecule has 2 amide bonds. The maximum atomic E-state index is 12.9. The number of hydrogen-bond donors (Lipinski definition) is 2. The van der Waals surface area contributed by atoms with Gasteiger partial charge in [0.2, 0.25) is 5.91 Å². The number of likely N-dealkylation sites (tertiary alicyclic amines) is 1. The van der Waals surface area contributed by atoms with E-state index in [0.717, 1.165) is 53.6 Å². The molecule has 1 saturated heterocycles. The first-order valence-corrected chi connectivity index (χ1v) is 10.7. The molecule has 30 heavy (non-hydrogen) atoms. The molecule has 2 aromatic heterocycles. The molecule has 7 nitrogen and oxygen atoms in total. The average molecular weight is 409 g/mol. The van der Waals surface area contributed by atoms with Crippen LogP contribution in [0, 0.1) is 0 Å². The fourth-order valence-corrected chi connectivity index (χ4v) is 4.19. The number of nitrogens with one attached hydrogen (secondary N) is 2. The summed E-state index contributed by atoms with van der Waals surface area (Å²) < 4.78 is 5.81. The first-order valence-electron chi connectivity index (χ1n) is 10.7. The van der Waals surface area contributed by atoms with Gasteiger partial charge in [0.05, 0.1) is 17.6 Å². The zero-order valence-electron chi connectivity index (χ0n) is 17.5. The van der Waals surface area contributed by atoms with Gasteiger partial charge < -0.3 is 14.6 Å². The first-order chi connectivity index (χ1) is 14.6. The van der Waals surface area contributed by atoms with Crippen LogP contribution in [0.4, 0.5) is 0 Å². The minimum Gasteiger partial charge on any atom is -0.456 e. The standard InChI is InChI=1S/C23H28N4O3/c1-3-15-12-21(30-20(15)4-2)23(29)27-11-7-8-16(14-27)24-22(28)13-19-17-9-5-6-10-18(17)25-26-19/h5-6,9-10,12,16H,3-4,7-8,11,13-14H2,1-2H3,(H,24,28)(H,25,26)/t16-/m0/s1. The summed E-state index contributed by atoms with van der Waals surface area (Å²) in [5, 5.41) is 11.3. The van der Waals surface area contributed by atoms with Gasteiger partial charge in [0.1, 0.15) is 5.76 Å². The van der Waals surface area contributed by atoms with Gasteiger partial charge in [0, 0.05) is 30.9 Å². The molecular formula is C23H28N4O3. The van der Waals surface area contributed by atoms with E-state index in [1.165, 1.54) is 0 Å². The summed E-state index contributed by atoms with van der Waals surface area (Å²) in [4.78, 5) is 27.3. The van der Waals surface area contributed by atoms with E-state index in [2.05, 4.69) is 22.4 Å². The highest BCUT2D eigenvalue weighted by atomic mass is 16.4. The van der Waals surface area contributed by atoms with Gasteiger partial charge in [-0.3, -0.25) is 14.7 Å². The molecule has 4 rings (SSSR count). The molecule has 7 heteroatoms. The molecule has 1 fully saturated rings. The van der Waals surface area contributed by atoms with Crippen LogP contribution in [-0.4, -0.2) is 46.0 Å². The quantitative estimate of drug-likeness (QED) is 0.655. The second-order valence-electron chi connectivity index (χ2n) is 7.82. The Morgan fingerprint density at radius 3 is 2.87 bits per heavy atom. The highest BCUT2D eigenvalue weighted by Crippen LogP contribution is 2.21. The van der Waals surface area contributed by atoms with E-state index in [4.69, 9.17) is 4.42 Å². The lowest BCUT2D eigenvalue weighted by molar-refractivity contribution is -0.121. The Kier molecular flexibility index (Phi) is 5.88. The van der Waals surface area contributed by atoms with E-state index in [9.17, 15) is 9.59 Å². The number of carbonyl (C=O) groups is 2. The normalized spacial score (nSPS) is 16.7. The number of aryl methyl sites for hydroxylation is 2. The molecule has 0 aliphatic carbocycles. The third-order valence-electron chi connectivity index (χ3n) is 5.76. The van der Waals surface area contributed by atoms with Crippen molar-refractivity contribution in [3.05, 3.63) is 53.1 Å². The molecular weight excluding hydrogens is 380 g/mol. The molecule has 2 N–H and O–H groups in total. The Balaban J connectivity index is 1.38. The topological polar surface area (TPSA) is 91.2 Å². The summed E-state index contributed by atoms with van der Waals surface area (Å²) in [5.74, 6) is 1.13. The summed E-state index contributed by atoms with van der Waals surface area (Å²) >= 11 is 0. The van der Waals surface area contributed by atoms with Crippen LogP contribution in [-0.2, 0) is 24.1 Å². The Bertz CT molecular complexity index is 1030. The van der Waals surface area contributed by atoms with Crippen molar-refractivity contribution in [2.75, 3.05) is 13.1 Å². The van der Waals surface area contributed by atoms with E-state index in [0.29, 0.717) is 18.8 Å². The molecule has 3 heterocycles. The molecule has 0 unspecified atom stereocenters. The summed E-state index contributed by atoms with van der Waals surface area (Å²) in [5.41, 5.74) is 2.75. The van der Waals surface area contributed by atoms with Gasteiger partial charge in [-0.2, -0.15) is 5.10 Å². The molecule has 1 aliphatic rings. The minimum absolute atomic E-state index is 0.0596. The van der Waals surface area contributed by atoms with Crippen LogP contribution in [0.25, 0.3) is 10.9 Å². The molecule has 1 atom stereocenters. The summed E-state index contributed by atoms with van der Waals surface area (Å²) in [7, 11) is 0. The molecule has 3 aromatic rings. The van der Waals surface area contributed by atoms with Gasteiger partial charge in [0.15, 0.2) is 5.76 Å². The van der Waals surface area contributed by atoms with E-state index in [-0.39, 0.29) is 24.3 Å². The Hall–Kier alpha value is -3.09. The third kappa shape index (κ3) is 4.10. The smallest absolute Gasteiger partial charge is 0.289 e. The monoisotopic (exact) mass is 408 g/mol. The van der Waals surface area contributed by atoms with Crippen LogP contribution in [0.5, 0.6) is 0 Å². The van der Waals surface area contributed by atoms with Crippen LogP contribution in [0.1, 0.15) is 54.3 Å². The number of H-pyrrole nitrogens is 1. The summed E-state index contributed by atoms with van der Waals surface area (Å²) in [6.45, 7) is 5.27. The molecule has 0 bridgehead atoms. The van der Waals surface area contributed by atoms with Crippen LogP contribution >= 0.6 is 0 Å². The molecule has 1 aromatic carbocycles. The van der Waals surface area contributed by atoms with Crippen LogP contribution < -0.4 is 5.32 Å². The Morgan fingerprint density at radius 1 is 1.27 bits per heavy atom. The zero-order valence-corrected chi connectivity index (χ0v) is 17.5. The van der Waals surface area contributed by atoms with Crippen molar-refractivity contribution in [2.45, 2.75) is 52.0 Å².